The monoisotopic (exact) mass is 348 g/mol. The summed E-state index contributed by atoms with van der Waals surface area (Å²) in [5.41, 5.74) is 0. The molecule has 0 aliphatic carbocycles. The highest BCUT2D eigenvalue weighted by Crippen LogP contribution is 2.19. The summed E-state index contributed by atoms with van der Waals surface area (Å²) in [5.74, 6) is -1.39. The van der Waals surface area contributed by atoms with Crippen LogP contribution in [0.15, 0.2) is 12.1 Å². The predicted molar refractivity (Wildman–Crippen MR) is 84.7 cm³/mol. The number of carbonyl (C=O) groups is 2. The van der Waals surface area contributed by atoms with Gasteiger partial charge >= 0.3 is 5.97 Å². The summed E-state index contributed by atoms with van der Waals surface area (Å²) in [6.45, 7) is 3.42. The van der Waals surface area contributed by atoms with Crippen molar-refractivity contribution in [2.45, 2.75) is 26.3 Å². The van der Waals surface area contributed by atoms with Gasteiger partial charge in [0.1, 0.15) is 6.54 Å². The fourth-order valence-corrected chi connectivity index (χ4v) is 3.20. The molecule has 0 bridgehead atoms. The summed E-state index contributed by atoms with van der Waals surface area (Å²) in [6, 6.07) is 3.17. The molecule has 1 heterocycles. The number of nitrogens with one attached hydrogen (secondary N) is 1. The fourth-order valence-electron chi connectivity index (χ4n) is 1.76. The molecular weight excluding hydrogens is 328 g/mol. The van der Waals surface area contributed by atoms with Crippen molar-refractivity contribution in [1.29, 1.82) is 0 Å². The smallest absolute Gasteiger partial charge is 0.323 e. The van der Waals surface area contributed by atoms with E-state index in [0.29, 0.717) is 11.3 Å². The van der Waals surface area contributed by atoms with Crippen molar-refractivity contribution in [2.75, 3.05) is 19.3 Å². The molecule has 0 aliphatic heterocycles. The summed E-state index contributed by atoms with van der Waals surface area (Å²) in [4.78, 5) is 25.8. The van der Waals surface area contributed by atoms with Crippen molar-refractivity contribution < 1.29 is 23.1 Å². The molecule has 0 aliphatic rings. The Hall–Kier alpha value is -1.45. The second-order valence-corrected chi connectivity index (χ2v) is 8.10. The maximum absolute atomic E-state index is 12.3. The predicted octanol–water partition coefficient (Wildman–Crippen LogP) is 0.775. The van der Waals surface area contributed by atoms with E-state index in [2.05, 4.69) is 4.72 Å². The van der Waals surface area contributed by atoms with Gasteiger partial charge in [0.15, 0.2) is 0 Å². The van der Waals surface area contributed by atoms with Crippen LogP contribution in [-0.2, 0) is 21.2 Å². The molecule has 22 heavy (non-hydrogen) atoms. The molecule has 1 aromatic rings. The van der Waals surface area contributed by atoms with Gasteiger partial charge in [0.25, 0.3) is 5.91 Å². The minimum Gasteiger partial charge on any atom is -0.480 e. The molecule has 9 heteroatoms. The van der Waals surface area contributed by atoms with E-state index < -0.39 is 16.0 Å². The first-order chi connectivity index (χ1) is 10.1. The van der Waals surface area contributed by atoms with Crippen molar-refractivity contribution in [3.63, 3.8) is 0 Å². The average Bonchev–Trinajstić information content (AvgIpc) is 2.81. The molecule has 0 saturated carbocycles. The van der Waals surface area contributed by atoms with Gasteiger partial charge in [-0.1, -0.05) is 0 Å². The number of aliphatic carboxylic acids is 1. The molecule has 2 N–H and O–H groups in total. The zero-order valence-electron chi connectivity index (χ0n) is 12.7. The highest BCUT2D eigenvalue weighted by molar-refractivity contribution is 7.88. The Morgan fingerprint density at radius 1 is 1.36 bits per heavy atom. The lowest BCUT2D eigenvalue weighted by Crippen LogP contribution is -2.40. The molecular formula is C13H20N2O5S2. The minimum atomic E-state index is -3.23. The van der Waals surface area contributed by atoms with E-state index in [9.17, 15) is 18.0 Å². The first kappa shape index (κ1) is 18.6. The van der Waals surface area contributed by atoms with Crippen LogP contribution in [0.5, 0.6) is 0 Å². The Kier molecular flexibility index (Phi) is 6.51. The Balaban J connectivity index is 2.72. The van der Waals surface area contributed by atoms with E-state index in [-0.39, 0.29) is 25.0 Å². The fraction of sp³-hybridized carbons (Fsp3) is 0.538. The molecule has 1 rings (SSSR count). The van der Waals surface area contributed by atoms with Crippen LogP contribution in [0.4, 0.5) is 0 Å². The molecule has 1 aromatic heterocycles. The lowest BCUT2D eigenvalue weighted by atomic mass is 10.2. The van der Waals surface area contributed by atoms with E-state index in [0.717, 1.165) is 11.1 Å². The van der Waals surface area contributed by atoms with Gasteiger partial charge in [0.05, 0.1) is 11.1 Å². The molecule has 124 valence electrons. The van der Waals surface area contributed by atoms with E-state index in [4.69, 9.17) is 5.11 Å². The van der Waals surface area contributed by atoms with E-state index in [1.165, 1.54) is 16.2 Å². The van der Waals surface area contributed by atoms with Crippen LogP contribution in [0.25, 0.3) is 0 Å². The number of thiophene rings is 1. The highest BCUT2D eigenvalue weighted by atomic mass is 32.2. The van der Waals surface area contributed by atoms with E-state index in [1.54, 1.807) is 26.0 Å². The lowest BCUT2D eigenvalue weighted by molar-refractivity contribution is -0.138. The summed E-state index contributed by atoms with van der Waals surface area (Å²) in [7, 11) is -3.23. The number of nitrogens with zero attached hydrogens (tertiary/aromatic N) is 1. The summed E-state index contributed by atoms with van der Waals surface area (Å²) in [5, 5.41) is 8.87. The maximum Gasteiger partial charge on any atom is 0.323 e. The molecule has 0 spiro atoms. The van der Waals surface area contributed by atoms with Crippen LogP contribution in [0.2, 0.25) is 0 Å². The van der Waals surface area contributed by atoms with Gasteiger partial charge in [-0.05, 0) is 32.4 Å². The minimum absolute atomic E-state index is 0.221. The van der Waals surface area contributed by atoms with Gasteiger partial charge in [-0.2, -0.15) is 0 Å². The Morgan fingerprint density at radius 3 is 2.50 bits per heavy atom. The van der Waals surface area contributed by atoms with Crippen molar-refractivity contribution in [2.24, 2.45) is 0 Å². The van der Waals surface area contributed by atoms with Gasteiger partial charge in [-0.15, -0.1) is 11.3 Å². The van der Waals surface area contributed by atoms with Crippen molar-refractivity contribution in [3.05, 3.63) is 21.9 Å². The van der Waals surface area contributed by atoms with E-state index >= 15 is 0 Å². The van der Waals surface area contributed by atoms with Crippen LogP contribution in [0.3, 0.4) is 0 Å². The van der Waals surface area contributed by atoms with Crippen LogP contribution in [-0.4, -0.2) is 55.7 Å². The number of carbonyl (C=O) groups excluding carboxylic acids is 1. The Bertz CT molecular complexity index is 637. The van der Waals surface area contributed by atoms with E-state index in [1.807, 2.05) is 0 Å². The second-order valence-electron chi connectivity index (χ2n) is 5.10. The third-order valence-corrected chi connectivity index (χ3v) is 4.66. The summed E-state index contributed by atoms with van der Waals surface area (Å²) < 4.78 is 24.3. The van der Waals surface area contributed by atoms with Gasteiger partial charge in [0.2, 0.25) is 10.0 Å². The molecule has 0 aromatic carbocycles. The maximum atomic E-state index is 12.3. The number of amides is 1. The zero-order chi connectivity index (χ0) is 16.9. The number of hydrogen-bond donors (Lipinski definition) is 2. The second kappa shape index (κ2) is 7.70. The number of carboxylic acids is 1. The topological polar surface area (TPSA) is 104 Å². The van der Waals surface area contributed by atoms with Crippen LogP contribution < -0.4 is 4.72 Å². The van der Waals surface area contributed by atoms with Crippen molar-refractivity contribution >= 4 is 33.2 Å². The summed E-state index contributed by atoms with van der Waals surface area (Å²) in [6.07, 6.45) is 1.56. The molecule has 0 radical (unpaired) electrons. The molecule has 0 unspecified atom stereocenters. The largest absolute Gasteiger partial charge is 0.480 e. The quantitative estimate of drug-likeness (QED) is 0.722. The van der Waals surface area contributed by atoms with Gasteiger partial charge in [-0.3, -0.25) is 9.59 Å². The molecule has 1 amide bonds. The van der Waals surface area contributed by atoms with Gasteiger partial charge in [0, 0.05) is 17.5 Å². The number of rotatable bonds is 8. The summed E-state index contributed by atoms with van der Waals surface area (Å²) >= 11 is 1.25. The Morgan fingerprint density at radius 2 is 2.00 bits per heavy atom. The average molecular weight is 348 g/mol. The highest BCUT2D eigenvalue weighted by Gasteiger charge is 2.22. The van der Waals surface area contributed by atoms with Crippen molar-refractivity contribution in [3.8, 4) is 0 Å². The SMILES string of the molecule is CC(C)N(CC(=O)O)C(=O)c1ccc(CCNS(C)(=O)=O)s1. The standard InChI is InChI=1S/C13H20N2O5S2/c1-9(2)15(8-12(16)17)13(18)11-5-4-10(21-11)6-7-14-22(3,19)20/h4-5,9,14H,6-8H2,1-3H3,(H,16,17). The molecule has 0 fully saturated rings. The van der Waals surface area contributed by atoms with Crippen LogP contribution >= 0.6 is 11.3 Å². The third-order valence-electron chi connectivity index (χ3n) is 2.80. The van der Waals surface area contributed by atoms with Crippen molar-refractivity contribution in [1.82, 2.24) is 9.62 Å². The zero-order valence-corrected chi connectivity index (χ0v) is 14.3. The number of sulfonamides is 1. The van der Waals surface area contributed by atoms with Gasteiger partial charge < -0.3 is 10.0 Å². The normalized spacial score (nSPS) is 11.6. The van der Waals surface area contributed by atoms with Gasteiger partial charge in [-0.25, -0.2) is 13.1 Å². The first-order valence-electron chi connectivity index (χ1n) is 6.66. The number of carboxylic acid groups (broad SMARTS) is 1. The Labute approximate surface area is 134 Å². The lowest BCUT2D eigenvalue weighted by Gasteiger charge is -2.24. The molecule has 0 saturated heterocycles. The molecule has 7 nitrogen and oxygen atoms in total. The number of hydrogen-bond acceptors (Lipinski definition) is 5. The third kappa shape index (κ3) is 6.12. The first-order valence-corrected chi connectivity index (χ1v) is 9.37. The van der Waals surface area contributed by atoms with Crippen LogP contribution in [0.1, 0.15) is 28.4 Å². The van der Waals surface area contributed by atoms with Crippen LogP contribution in [0, 0.1) is 0 Å². The molecule has 0 atom stereocenters.